The molecule has 1 saturated heterocycles. The van der Waals surface area contributed by atoms with Gasteiger partial charge in [-0.1, -0.05) is 83.5 Å². The third-order valence-electron chi connectivity index (χ3n) is 4.18. The molecule has 1 aliphatic heterocycles. The fraction of sp³-hybridized carbons (Fsp3) is 0.800. The van der Waals surface area contributed by atoms with E-state index in [4.69, 9.17) is 94.0 Å². The highest BCUT2D eigenvalue weighted by molar-refractivity contribution is 6.76. The second-order valence-electron chi connectivity index (χ2n) is 6.37. The Labute approximate surface area is 198 Å². The number of ether oxygens (including phenoxy) is 4. The van der Waals surface area contributed by atoms with Crippen LogP contribution in [0.1, 0.15) is 20.8 Å². The maximum Gasteiger partial charge on any atom is 0.407 e. The van der Waals surface area contributed by atoms with Crippen molar-refractivity contribution in [3.8, 4) is 0 Å². The van der Waals surface area contributed by atoms with Gasteiger partial charge in [-0.2, -0.15) is 0 Å². The van der Waals surface area contributed by atoms with Crippen molar-refractivity contribution in [3.63, 3.8) is 0 Å². The maximum absolute atomic E-state index is 12.1. The summed E-state index contributed by atoms with van der Waals surface area (Å²) in [5.41, 5.74) is 0. The summed E-state index contributed by atoms with van der Waals surface area (Å²) in [7, 11) is 0. The number of hydrogen-bond acceptors (Lipinski definition) is 7. The molecule has 2 N–H and O–H groups in total. The molecule has 1 heterocycles. The van der Waals surface area contributed by atoms with Crippen LogP contribution in [0.3, 0.4) is 0 Å². The SMILES string of the molecule is CC(=O)OCC1OC(OC(=N)C(Cl)(Cl)Cl)[C@@H](NC(=O)OCC(Cl)(Cl)Cl)[C@@H](C)[C@@H]1C. The molecule has 29 heavy (non-hydrogen) atoms. The predicted octanol–water partition coefficient (Wildman–Crippen LogP) is 4.38. The van der Waals surface area contributed by atoms with Crippen LogP contribution in [0.4, 0.5) is 4.79 Å². The van der Waals surface area contributed by atoms with Crippen molar-refractivity contribution in [1.82, 2.24) is 5.32 Å². The molecule has 2 unspecified atom stereocenters. The molecule has 5 atom stereocenters. The van der Waals surface area contributed by atoms with Gasteiger partial charge in [0.1, 0.15) is 13.2 Å². The zero-order valence-electron chi connectivity index (χ0n) is 15.5. The standard InChI is InChI=1S/C15H20Cl6N2O6/c1-6-7(2)10(23-13(25)27-5-14(16,17)18)11(29-12(22)15(19,20)21)28-9(6)4-26-8(3)24/h6-7,9-11,22H,4-5H2,1-3H3,(H,23,25)/t6-,7-,9?,10-,11?/m0/s1. The summed E-state index contributed by atoms with van der Waals surface area (Å²) in [5.74, 6) is -1.70. The normalized spacial score (nSPS) is 27.7. The molecule has 1 fully saturated rings. The lowest BCUT2D eigenvalue weighted by Gasteiger charge is -2.44. The van der Waals surface area contributed by atoms with E-state index in [1.165, 1.54) is 6.92 Å². The van der Waals surface area contributed by atoms with Crippen LogP contribution < -0.4 is 5.32 Å². The molecule has 0 saturated carbocycles. The minimum absolute atomic E-state index is 0.0633. The average molecular weight is 537 g/mol. The van der Waals surface area contributed by atoms with Crippen molar-refractivity contribution in [2.24, 2.45) is 11.8 Å². The molecular weight excluding hydrogens is 517 g/mol. The van der Waals surface area contributed by atoms with Crippen molar-refractivity contribution < 1.29 is 28.5 Å². The third-order valence-corrected chi connectivity index (χ3v) is 5.02. The molecular formula is C15H20Cl6N2O6. The number of carbonyl (C=O) groups excluding carboxylic acids is 2. The fourth-order valence-corrected chi connectivity index (χ4v) is 2.79. The van der Waals surface area contributed by atoms with Gasteiger partial charge in [-0.25, -0.2) is 4.79 Å². The molecule has 8 nitrogen and oxygen atoms in total. The molecule has 0 aliphatic carbocycles. The third kappa shape index (κ3) is 9.29. The van der Waals surface area contributed by atoms with Crippen molar-refractivity contribution in [1.29, 1.82) is 5.41 Å². The number of esters is 1. The van der Waals surface area contributed by atoms with Crippen LogP contribution in [-0.2, 0) is 23.7 Å². The second kappa shape index (κ2) is 11.0. The highest BCUT2D eigenvalue weighted by Gasteiger charge is 2.46. The van der Waals surface area contributed by atoms with Crippen molar-refractivity contribution in [3.05, 3.63) is 0 Å². The van der Waals surface area contributed by atoms with E-state index in [-0.39, 0.29) is 18.4 Å². The highest BCUT2D eigenvalue weighted by Crippen LogP contribution is 2.35. The van der Waals surface area contributed by atoms with Gasteiger partial charge >= 0.3 is 12.1 Å². The van der Waals surface area contributed by atoms with Gasteiger partial charge < -0.3 is 24.3 Å². The monoisotopic (exact) mass is 534 g/mol. The largest absolute Gasteiger partial charge is 0.463 e. The fourth-order valence-electron chi connectivity index (χ4n) is 2.49. The number of rotatable bonds is 5. The molecule has 0 aromatic carbocycles. The van der Waals surface area contributed by atoms with Crippen LogP contribution in [0.5, 0.6) is 0 Å². The van der Waals surface area contributed by atoms with E-state index in [0.29, 0.717) is 0 Å². The van der Waals surface area contributed by atoms with E-state index < -0.39 is 50.6 Å². The molecule has 168 valence electrons. The van der Waals surface area contributed by atoms with Crippen LogP contribution in [0.2, 0.25) is 0 Å². The number of alkyl halides is 6. The quantitative estimate of drug-likeness (QED) is 0.234. The van der Waals surface area contributed by atoms with E-state index >= 15 is 0 Å². The summed E-state index contributed by atoms with van der Waals surface area (Å²) in [6.45, 7) is 4.33. The first kappa shape index (κ1) is 26.9. The Kier molecular flexibility index (Phi) is 10.2. The molecule has 0 spiro atoms. The summed E-state index contributed by atoms with van der Waals surface area (Å²) in [5, 5.41) is 10.3. The van der Waals surface area contributed by atoms with E-state index in [1.807, 2.05) is 6.92 Å². The molecule has 0 bridgehead atoms. The van der Waals surface area contributed by atoms with Gasteiger partial charge in [0, 0.05) is 6.92 Å². The van der Waals surface area contributed by atoms with E-state index in [2.05, 4.69) is 5.32 Å². The molecule has 1 aliphatic rings. The van der Waals surface area contributed by atoms with Gasteiger partial charge in [0.15, 0.2) is 0 Å². The Bertz CT molecular complexity index is 611. The predicted molar refractivity (Wildman–Crippen MR) is 111 cm³/mol. The van der Waals surface area contributed by atoms with Gasteiger partial charge in [0.25, 0.3) is 3.79 Å². The highest BCUT2D eigenvalue weighted by atomic mass is 35.6. The number of nitrogens with one attached hydrogen (secondary N) is 2. The molecule has 0 radical (unpaired) electrons. The lowest BCUT2D eigenvalue weighted by molar-refractivity contribution is -0.216. The Morgan fingerprint density at radius 2 is 1.66 bits per heavy atom. The zero-order valence-corrected chi connectivity index (χ0v) is 20.1. The molecule has 0 aromatic heterocycles. The Balaban J connectivity index is 2.96. The van der Waals surface area contributed by atoms with E-state index in [1.54, 1.807) is 6.92 Å². The van der Waals surface area contributed by atoms with Gasteiger partial charge in [-0.05, 0) is 11.8 Å². The van der Waals surface area contributed by atoms with Crippen molar-refractivity contribution in [2.45, 2.75) is 46.8 Å². The first-order valence-electron chi connectivity index (χ1n) is 8.23. The zero-order chi connectivity index (χ0) is 22.6. The minimum atomic E-state index is -2.15. The van der Waals surface area contributed by atoms with Crippen molar-refractivity contribution >= 4 is 87.6 Å². The first-order chi connectivity index (χ1) is 13.1. The van der Waals surface area contributed by atoms with E-state index in [0.717, 1.165) is 0 Å². The second-order valence-corrected chi connectivity index (χ2v) is 11.2. The number of halogens is 6. The summed E-state index contributed by atoms with van der Waals surface area (Å²) in [6, 6.07) is -0.825. The van der Waals surface area contributed by atoms with Crippen molar-refractivity contribution in [2.75, 3.05) is 13.2 Å². The molecule has 0 aromatic rings. The topological polar surface area (TPSA) is 107 Å². The first-order valence-corrected chi connectivity index (χ1v) is 10.5. The summed E-state index contributed by atoms with van der Waals surface area (Å²) >= 11 is 33.7. The summed E-state index contributed by atoms with van der Waals surface area (Å²) in [4.78, 5) is 23.2. The van der Waals surface area contributed by atoms with Crippen LogP contribution in [-0.4, -0.2) is 57.2 Å². The lowest BCUT2D eigenvalue weighted by Crippen LogP contribution is -2.59. The van der Waals surface area contributed by atoms with Crippen LogP contribution >= 0.6 is 69.6 Å². The number of alkyl carbamates (subject to hydrolysis) is 1. The van der Waals surface area contributed by atoms with Gasteiger partial charge in [0.2, 0.25) is 16.0 Å². The lowest BCUT2D eigenvalue weighted by atomic mass is 9.82. The number of hydrogen-bond donors (Lipinski definition) is 2. The Morgan fingerprint density at radius 3 is 2.14 bits per heavy atom. The van der Waals surface area contributed by atoms with E-state index in [9.17, 15) is 9.59 Å². The van der Waals surface area contributed by atoms with Crippen LogP contribution in [0.25, 0.3) is 0 Å². The van der Waals surface area contributed by atoms with Gasteiger partial charge in [-0.15, -0.1) is 0 Å². The maximum atomic E-state index is 12.1. The number of amides is 1. The smallest absolute Gasteiger partial charge is 0.407 e. The molecule has 1 amide bonds. The van der Waals surface area contributed by atoms with Gasteiger partial charge in [-0.3, -0.25) is 10.2 Å². The average Bonchev–Trinajstić information content (AvgIpc) is 2.56. The Hall–Kier alpha value is -0.0900. The Morgan fingerprint density at radius 1 is 1.07 bits per heavy atom. The molecule has 1 rings (SSSR count). The number of carbonyl (C=O) groups is 2. The summed E-state index contributed by atoms with van der Waals surface area (Å²) < 4.78 is 17.1. The molecule has 14 heteroatoms. The van der Waals surface area contributed by atoms with Gasteiger partial charge in [0.05, 0.1) is 12.1 Å². The summed E-state index contributed by atoms with van der Waals surface area (Å²) in [6.07, 6.45) is -2.75. The minimum Gasteiger partial charge on any atom is -0.463 e. The van der Waals surface area contributed by atoms with Crippen LogP contribution in [0, 0.1) is 17.2 Å². The van der Waals surface area contributed by atoms with Crippen LogP contribution in [0.15, 0.2) is 0 Å².